The van der Waals surface area contributed by atoms with Crippen molar-refractivity contribution in [1.82, 2.24) is 9.97 Å². The van der Waals surface area contributed by atoms with E-state index in [4.69, 9.17) is 11.6 Å². The van der Waals surface area contributed by atoms with Crippen molar-refractivity contribution in [2.75, 3.05) is 11.1 Å². The van der Waals surface area contributed by atoms with Gasteiger partial charge in [-0.2, -0.15) is 0 Å². The van der Waals surface area contributed by atoms with Gasteiger partial charge in [-0.25, -0.2) is 22.2 Å². The summed E-state index contributed by atoms with van der Waals surface area (Å²) in [6.07, 6.45) is 0.892. The summed E-state index contributed by atoms with van der Waals surface area (Å²) in [6.45, 7) is 0. The Morgan fingerprint density at radius 2 is 1.87 bits per heavy atom. The SMILES string of the molecule is O=C(CSc1ncc(S(=O)(=O)c2ccc(Cl)cc2)c(=O)[nH]1)Nc1ccc(F)cc1F. The minimum Gasteiger partial charge on any atom is -0.323 e. The number of amides is 1. The van der Waals surface area contributed by atoms with E-state index in [1.165, 1.54) is 24.3 Å². The first kappa shape index (κ1) is 21.9. The summed E-state index contributed by atoms with van der Waals surface area (Å²) < 4.78 is 51.6. The summed E-state index contributed by atoms with van der Waals surface area (Å²) in [5, 5.41) is 2.59. The fourth-order valence-corrected chi connectivity index (χ4v) is 4.28. The van der Waals surface area contributed by atoms with Crippen LogP contribution in [-0.2, 0) is 14.6 Å². The summed E-state index contributed by atoms with van der Waals surface area (Å²) in [5.74, 6) is -2.61. The molecule has 0 aliphatic rings. The van der Waals surface area contributed by atoms with E-state index in [9.17, 15) is 26.8 Å². The largest absolute Gasteiger partial charge is 0.323 e. The van der Waals surface area contributed by atoms with Crippen molar-refractivity contribution in [2.24, 2.45) is 0 Å². The van der Waals surface area contributed by atoms with Crippen LogP contribution < -0.4 is 10.9 Å². The van der Waals surface area contributed by atoms with E-state index in [0.717, 1.165) is 30.1 Å². The van der Waals surface area contributed by atoms with Crippen molar-refractivity contribution in [3.8, 4) is 0 Å². The molecule has 0 atom stereocenters. The zero-order valence-electron chi connectivity index (χ0n) is 14.9. The molecule has 1 aromatic heterocycles. The Morgan fingerprint density at radius 3 is 2.50 bits per heavy atom. The highest BCUT2D eigenvalue weighted by Gasteiger charge is 2.22. The van der Waals surface area contributed by atoms with Gasteiger partial charge in [0.15, 0.2) is 10.1 Å². The molecular formula is C18H12ClF2N3O4S2. The number of carbonyl (C=O) groups is 1. The fourth-order valence-electron chi connectivity index (χ4n) is 2.28. The summed E-state index contributed by atoms with van der Waals surface area (Å²) in [6, 6.07) is 7.97. The number of carbonyl (C=O) groups excluding carboxylic acids is 1. The third-order valence-electron chi connectivity index (χ3n) is 3.70. The average molecular weight is 472 g/mol. The number of aromatic nitrogens is 2. The van der Waals surface area contributed by atoms with Gasteiger partial charge in [-0.3, -0.25) is 9.59 Å². The predicted octanol–water partition coefficient (Wildman–Crippen LogP) is 3.27. The van der Waals surface area contributed by atoms with Crippen molar-refractivity contribution < 1.29 is 22.0 Å². The number of rotatable bonds is 6. The van der Waals surface area contributed by atoms with Gasteiger partial charge in [0.1, 0.15) is 11.6 Å². The number of aromatic amines is 1. The molecular weight excluding hydrogens is 460 g/mol. The molecule has 0 radical (unpaired) electrons. The summed E-state index contributed by atoms with van der Waals surface area (Å²) in [7, 11) is -4.11. The smallest absolute Gasteiger partial charge is 0.270 e. The zero-order chi connectivity index (χ0) is 21.9. The lowest BCUT2D eigenvalue weighted by Gasteiger charge is -2.07. The van der Waals surface area contributed by atoms with Crippen molar-refractivity contribution in [1.29, 1.82) is 0 Å². The van der Waals surface area contributed by atoms with Crippen LogP contribution in [-0.4, -0.2) is 30.0 Å². The number of anilines is 1. The highest BCUT2D eigenvalue weighted by molar-refractivity contribution is 7.99. The highest BCUT2D eigenvalue weighted by atomic mass is 35.5. The molecule has 2 N–H and O–H groups in total. The number of hydrogen-bond donors (Lipinski definition) is 2. The van der Waals surface area contributed by atoms with Gasteiger partial charge >= 0.3 is 0 Å². The van der Waals surface area contributed by atoms with E-state index in [-0.39, 0.29) is 21.5 Å². The van der Waals surface area contributed by atoms with Crippen LogP contribution in [0.1, 0.15) is 0 Å². The Bertz CT molecular complexity index is 1270. The summed E-state index contributed by atoms with van der Waals surface area (Å²) >= 11 is 6.54. The first-order chi connectivity index (χ1) is 14.2. The Hall–Kier alpha value is -2.76. The predicted molar refractivity (Wildman–Crippen MR) is 107 cm³/mol. The highest BCUT2D eigenvalue weighted by Crippen LogP contribution is 2.21. The van der Waals surface area contributed by atoms with Crippen LogP contribution in [0.2, 0.25) is 5.02 Å². The van der Waals surface area contributed by atoms with Crippen molar-refractivity contribution in [3.05, 3.63) is 75.7 Å². The molecule has 0 aliphatic carbocycles. The second kappa shape index (κ2) is 8.94. The third-order valence-corrected chi connectivity index (χ3v) is 6.60. The number of sulfone groups is 1. The van der Waals surface area contributed by atoms with Crippen LogP contribution in [0.5, 0.6) is 0 Å². The molecule has 3 aromatic rings. The third kappa shape index (κ3) is 5.04. The topological polar surface area (TPSA) is 109 Å². The lowest BCUT2D eigenvalue weighted by atomic mass is 10.3. The van der Waals surface area contributed by atoms with Gasteiger partial charge in [0.05, 0.1) is 22.5 Å². The van der Waals surface area contributed by atoms with Gasteiger partial charge < -0.3 is 10.3 Å². The van der Waals surface area contributed by atoms with E-state index in [2.05, 4.69) is 15.3 Å². The number of thioether (sulfide) groups is 1. The molecule has 0 bridgehead atoms. The summed E-state index contributed by atoms with van der Waals surface area (Å²) in [4.78, 5) is 29.6. The molecule has 30 heavy (non-hydrogen) atoms. The molecule has 1 amide bonds. The lowest BCUT2D eigenvalue weighted by molar-refractivity contribution is -0.113. The Labute approximate surface area is 178 Å². The van der Waals surface area contributed by atoms with Crippen LogP contribution in [0, 0.1) is 11.6 Å². The summed E-state index contributed by atoms with van der Waals surface area (Å²) in [5.41, 5.74) is -1.11. The van der Waals surface area contributed by atoms with Gasteiger partial charge in [0, 0.05) is 11.1 Å². The molecule has 0 unspecified atom stereocenters. The molecule has 0 saturated heterocycles. The van der Waals surface area contributed by atoms with Crippen LogP contribution in [0.25, 0.3) is 0 Å². The van der Waals surface area contributed by atoms with Crippen LogP contribution in [0.4, 0.5) is 14.5 Å². The van der Waals surface area contributed by atoms with E-state index in [0.29, 0.717) is 11.1 Å². The Morgan fingerprint density at radius 1 is 1.17 bits per heavy atom. The number of nitrogens with one attached hydrogen (secondary N) is 2. The molecule has 0 spiro atoms. The number of hydrogen-bond acceptors (Lipinski definition) is 6. The van der Waals surface area contributed by atoms with Crippen LogP contribution in [0.3, 0.4) is 0 Å². The van der Waals surface area contributed by atoms with Gasteiger partial charge in [-0.05, 0) is 36.4 Å². The maximum atomic E-state index is 13.6. The average Bonchev–Trinajstić information content (AvgIpc) is 2.69. The van der Waals surface area contributed by atoms with Crippen molar-refractivity contribution >= 4 is 44.8 Å². The van der Waals surface area contributed by atoms with E-state index >= 15 is 0 Å². The van der Waals surface area contributed by atoms with Crippen molar-refractivity contribution in [3.63, 3.8) is 0 Å². The Balaban J connectivity index is 1.70. The normalized spacial score (nSPS) is 11.3. The van der Waals surface area contributed by atoms with E-state index in [1.54, 1.807) is 0 Å². The molecule has 1 heterocycles. The Kier molecular flexibility index (Phi) is 6.54. The second-order valence-electron chi connectivity index (χ2n) is 5.80. The maximum absolute atomic E-state index is 13.6. The van der Waals surface area contributed by atoms with Crippen LogP contribution in [0.15, 0.2) is 68.4 Å². The zero-order valence-corrected chi connectivity index (χ0v) is 17.2. The second-order valence-corrected chi connectivity index (χ2v) is 9.12. The lowest BCUT2D eigenvalue weighted by Crippen LogP contribution is -2.20. The van der Waals surface area contributed by atoms with E-state index < -0.39 is 37.8 Å². The molecule has 12 heteroatoms. The number of H-pyrrole nitrogens is 1. The number of halogens is 3. The fraction of sp³-hybridized carbons (Fsp3) is 0.0556. The monoisotopic (exact) mass is 471 g/mol. The van der Waals surface area contributed by atoms with Gasteiger partial charge in [0.2, 0.25) is 15.7 Å². The van der Waals surface area contributed by atoms with Gasteiger partial charge in [-0.15, -0.1) is 0 Å². The molecule has 0 saturated carbocycles. The maximum Gasteiger partial charge on any atom is 0.270 e. The number of nitrogens with zero attached hydrogens (tertiary/aromatic N) is 1. The molecule has 0 aliphatic heterocycles. The standard InChI is InChI=1S/C18H12ClF2N3O4S2/c19-10-1-4-12(5-2-10)30(27,28)15-8-22-18(24-17(15)26)29-9-16(25)23-14-6-3-11(20)7-13(14)21/h1-8H,9H2,(H,23,25)(H,22,24,26). The minimum absolute atomic E-state index is 0.00946. The number of benzene rings is 2. The van der Waals surface area contributed by atoms with Gasteiger partial charge in [0.25, 0.3) is 5.56 Å². The molecule has 2 aromatic carbocycles. The molecule has 0 fully saturated rings. The quantitative estimate of drug-likeness (QED) is 0.422. The first-order valence-corrected chi connectivity index (χ1v) is 11.0. The van der Waals surface area contributed by atoms with Crippen LogP contribution >= 0.6 is 23.4 Å². The molecule has 7 nitrogen and oxygen atoms in total. The molecule has 156 valence electrons. The van der Waals surface area contributed by atoms with Gasteiger partial charge in [-0.1, -0.05) is 23.4 Å². The first-order valence-electron chi connectivity index (χ1n) is 8.14. The minimum atomic E-state index is -4.11. The van der Waals surface area contributed by atoms with Crippen molar-refractivity contribution in [2.45, 2.75) is 14.9 Å². The molecule has 3 rings (SSSR count). The van der Waals surface area contributed by atoms with E-state index in [1.807, 2.05) is 0 Å².